The van der Waals surface area contributed by atoms with Crippen molar-refractivity contribution in [2.75, 3.05) is 6.61 Å². The van der Waals surface area contributed by atoms with E-state index in [9.17, 15) is 14.0 Å². The van der Waals surface area contributed by atoms with Gasteiger partial charge in [-0.25, -0.2) is 9.18 Å². The Balaban J connectivity index is 1.87. The van der Waals surface area contributed by atoms with Crippen molar-refractivity contribution in [2.24, 2.45) is 5.73 Å². The van der Waals surface area contributed by atoms with E-state index in [-0.39, 0.29) is 11.9 Å². The van der Waals surface area contributed by atoms with E-state index >= 15 is 0 Å². The molecule has 0 spiro atoms. The minimum absolute atomic E-state index is 0.0225. The molecule has 2 aromatic rings. The Morgan fingerprint density at radius 2 is 2.15 bits per heavy atom. The number of halogens is 1. The summed E-state index contributed by atoms with van der Waals surface area (Å²) >= 11 is 1.16. The summed E-state index contributed by atoms with van der Waals surface area (Å²) in [6.07, 6.45) is 1.93. The molecule has 1 saturated heterocycles. The molecule has 2 heterocycles. The van der Waals surface area contributed by atoms with E-state index in [1.165, 1.54) is 12.1 Å². The largest absolute Gasteiger partial charge is 0.376 e. The van der Waals surface area contributed by atoms with Crippen molar-refractivity contribution in [1.82, 2.24) is 20.1 Å². The van der Waals surface area contributed by atoms with E-state index < -0.39 is 17.2 Å². The van der Waals surface area contributed by atoms with Crippen LogP contribution in [0, 0.1) is 5.82 Å². The summed E-state index contributed by atoms with van der Waals surface area (Å²) in [5, 5.41) is 10.4. The van der Waals surface area contributed by atoms with Gasteiger partial charge in [0, 0.05) is 12.2 Å². The van der Waals surface area contributed by atoms with Gasteiger partial charge in [-0.2, -0.15) is 0 Å². The van der Waals surface area contributed by atoms with Crippen LogP contribution < -0.4 is 11.1 Å². The molecule has 3 rings (SSSR count). The van der Waals surface area contributed by atoms with Crippen LogP contribution in [0.25, 0.3) is 11.4 Å². The zero-order chi connectivity index (χ0) is 19.4. The zero-order valence-electron chi connectivity index (χ0n) is 14.7. The smallest absolute Gasteiger partial charge is 0.318 e. The predicted molar refractivity (Wildman–Crippen MR) is 97.4 cm³/mol. The first-order valence-corrected chi connectivity index (χ1v) is 9.39. The van der Waals surface area contributed by atoms with Gasteiger partial charge in [-0.05, 0) is 44.0 Å². The number of aromatic nitrogens is 3. The van der Waals surface area contributed by atoms with E-state index in [2.05, 4.69) is 15.5 Å². The molecule has 0 bridgehead atoms. The van der Waals surface area contributed by atoms with Crippen LogP contribution in [0.1, 0.15) is 19.8 Å². The second-order valence-electron chi connectivity index (χ2n) is 6.17. The molecule has 1 aliphatic rings. The van der Waals surface area contributed by atoms with E-state index in [4.69, 9.17) is 10.5 Å². The molecule has 10 heteroatoms. The predicted octanol–water partition coefficient (Wildman–Crippen LogP) is 1.94. The number of carbonyl (C=O) groups is 2. The number of thioether (sulfide) groups is 1. The number of imide groups is 1. The van der Waals surface area contributed by atoms with E-state index in [0.29, 0.717) is 29.7 Å². The van der Waals surface area contributed by atoms with Gasteiger partial charge in [0.15, 0.2) is 11.0 Å². The minimum Gasteiger partial charge on any atom is -0.376 e. The van der Waals surface area contributed by atoms with Gasteiger partial charge in [0.1, 0.15) is 5.82 Å². The molecule has 0 aliphatic carbocycles. The highest BCUT2D eigenvalue weighted by Gasteiger charge is 2.25. The lowest BCUT2D eigenvalue weighted by Crippen LogP contribution is -2.39. The number of nitrogens with zero attached hydrogens (tertiary/aromatic N) is 3. The molecule has 2 atom stereocenters. The summed E-state index contributed by atoms with van der Waals surface area (Å²) in [5.41, 5.74) is 5.71. The van der Waals surface area contributed by atoms with Gasteiger partial charge in [-0.3, -0.25) is 14.7 Å². The van der Waals surface area contributed by atoms with Crippen LogP contribution in [0.5, 0.6) is 0 Å². The van der Waals surface area contributed by atoms with Crippen molar-refractivity contribution < 1.29 is 18.7 Å². The fourth-order valence-electron chi connectivity index (χ4n) is 2.78. The summed E-state index contributed by atoms with van der Waals surface area (Å²) in [4.78, 5) is 22.9. The van der Waals surface area contributed by atoms with Crippen LogP contribution in [-0.2, 0) is 16.1 Å². The first kappa shape index (κ1) is 19.3. The summed E-state index contributed by atoms with van der Waals surface area (Å²) in [6, 6.07) is 5.07. The summed E-state index contributed by atoms with van der Waals surface area (Å²) < 4.78 is 20.8. The van der Waals surface area contributed by atoms with Crippen LogP contribution in [-0.4, -0.2) is 44.7 Å². The normalized spacial score (nSPS) is 17.6. The van der Waals surface area contributed by atoms with Crippen LogP contribution in [0.2, 0.25) is 0 Å². The van der Waals surface area contributed by atoms with Crippen LogP contribution >= 0.6 is 11.8 Å². The average molecular weight is 393 g/mol. The molecule has 1 aromatic heterocycles. The van der Waals surface area contributed by atoms with Crippen molar-refractivity contribution in [3.8, 4) is 11.4 Å². The number of hydrogen-bond donors (Lipinski definition) is 2. The lowest BCUT2D eigenvalue weighted by Gasteiger charge is -2.16. The van der Waals surface area contributed by atoms with Crippen LogP contribution in [0.15, 0.2) is 29.4 Å². The first-order chi connectivity index (χ1) is 12.9. The minimum atomic E-state index is -0.903. The molecule has 3 amide bonds. The maximum Gasteiger partial charge on any atom is 0.318 e. The third kappa shape index (κ3) is 4.83. The third-order valence-corrected chi connectivity index (χ3v) is 5.21. The number of amides is 3. The topological polar surface area (TPSA) is 112 Å². The summed E-state index contributed by atoms with van der Waals surface area (Å²) in [5.74, 6) is -0.284. The van der Waals surface area contributed by atoms with Crippen LogP contribution in [0.3, 0.4) is 0 Å². The monoisotopic (exact) mass is 393 g/mol. The quantitative estimate of drug-likeness (QED) is 0.726. The number of nitrogens with one attached hydrogen (secondary N) is 1. The fraction of sp³-hybridized carbons (Fsp3) is 0.412. The molecule has 0 radical (unpaired) electrons. The van der Waals surface area contributed by atoms with E-state index in [1.807, 2.05) is 4.57 Å². The maximum atomic E-state index is 13.3. The molecule has 3 N–H and O–H groups in total. The Hall–Kier alpha value is -2.46. The molecular weight excluding hydrogens is 373 g/mol. The van der Waals surface area contributed by atoms with Gasteiger partial charge in [0.05, 0.1) is 17.9 Å². The summed E-state index contributed by atoms with van der Waals surface area (Å²) in [7, 11) is 0. The van der Waals surface area contributed by atoms with Gasteiger partial charge in [-0.1, -0.05) is 11.8 Å². The number of carbonyl (C=O) groups excluding carboxylic acids is 2. The van der Waals surface area contributed by atoms with Crippen LogP contribution in [0.4, 0.5) is 9.18 Å². The van der Waals surface area contributed by atoms with Gasteiger partial charge < -0.3 is 10.5 Å². The Kier molecular flexibility index (Phi) is 6.07. The lowest BCUT2D eigenvalue weighted by atomic mass is 10.2. The number of hydrogen-bond acceptors (Lipinski definition) is 6. The molecule has 8 nitrogen and oxygen atoms in total. The molecule has 27 heavy (non-hydrogen) atoms. The standard InChI is InChI=1S/C17H20FN5O3S/c1-10(15(24)20-16(19)25)27-17-22-21-14(11-4-6-12(18)7-5-11)23(17)9-13-3-2-8-26-13/h4-7,10,13H,2-3,8-9H2,1H3,(H3,19,20,24,25)/t10-,13+/m0/s1. The Morgan fingerprint density at radius 1 is 1.41 bits per heavy atom. The fourth-order valence-corrected chi connectivity index (χ4v) is 3.64. The van der Waals surface area contributed by atoms with E-state index in [1.54, 1.807) is 19.1 Å². The summed E-state index contributed by atoms with van der Waals surface area (Å²) in [6.45, 7) is 2.87. The van der Waals surface area contributed by atoms with Gasteiger partial charge >= 0.3 is 6.03 Å². The Bertz CT molecular complexity index is 820. The number of benzene rings is 1. The number of urea groups is 1. The zero-order valence-corrected chi connectivity index (χ0v) is 15.5. The highest BCUT2D eigenvalue weighted by Crippen LogP contribution is 2.29. The first-order valence-electron chi connectivity index (χ1n) is 8.51. The molecule has 1 fully saturated rings. The Morgan fingerprint density at radius 3 is 2.78 bits per heavy atom. The molecule has 0 saturated carbocycles. The Labute approximate surface area is 159 Å². The number of primary amides is 1. The maximum absolute atomic E-state index is 13.3. The van der Waals surface area contributed by atoms with Crippen molar-refractivity contribution >= 4 is 23.7 Å². The molecular formula is C17H20FN5O3S. The van der Waals surface area contributed by atoms with Gasteiger partial charge in [0.25, 0.3) is 0 Å². The number of nitrogens with two attached hydrogens (primary N) is 1. The molecule has 0 unspecified atom stereocenters. The molecule has 144 valence electrons. The highest BCUT2D eigenvalue weighted by atomic mass is 32.2. The third-order valence-electron chi connectivity index (χ3n) is 4.13. The van der Waals surface area contributed by atoms with Crippen molar-refractivity contribution in [3.63, 3.8) is 0 Å². The average Bonchev–Trinajstić information content (AvgIpc) is 3.26. The van der Waals surface area contributed by atoms with Gasteiger partial charge in [-0.15, -0.1) is 10.2 Å². The molecule has 1 aromatic carbocycles. The van der Waals surface area contributed by atoms with Crippen molar-refractivity contribution in [3.05, 3.63) is 30.1 Å². The number of ether oxygens (including phenoxy) is 1. The van der Waals surface area contributed by atoms with Gasteiger partial charge in [0.2, 0.25) is 5.91 Å². The van der Waals surface area contributed by atoms with Crippen molar-refractivity contribution in [1.29, 1.82) is 0 Å². The molecule has 1 aliphatic heterocycles. The number of rotatable bonds is 6. The highest BCUT2D eigenvalue weighted by molar-refractivity contribution is 8.00. The second kappa shape index (κ2) is 8.49. The second-order valence-corrected chi connectivity index (χ2v) is 7.48. The van der Waals surface area contributed by atoms with E-state index in [0.717, 1.165) is 24.6 Å². The lowest BCUT2D eigenvalue weighted by molar-refractivity contribution is -0.119. The SMILES string of the molecule is C[C@H](Sc1nnc(-c2ccc(F)cc2)n1C[C@H]1CCCO1)C(=O)NC(N)=O. The van der Waals surface area contributed by atoms with Crippen molar-refractivity contribution in [2.45, 2.75) is 42.8 Å².